The Morgan fingerprint density at radius 1 is 1.36 bits per heavy atom. The number of rotatable bonds is 7. The highest BCUT2D eigenvalue weighted by Gasteiger charge is 2.27. The average Bonchev–Trinajstić information content (AvgIpc) is 2.39. The summed E-state index contributed by atoms with van der Waals surface area (Å²) in [5.41, 5.74) is 0.279. The predicted octanol–water partition coefficient (Wildman–Crippen LogP) is 3.68. The molecule has 0 bridgehead atoms. The molecule has 2 unspecified atom stereocenters. The maximum atomic E-state index is 11.9. The summed E-state index contributed by atoms with van der Waals surface area (Å²) in [6.07, 6.45) is 6.90. The lowest BCUT2D eigenvalue weighted by Crippen LogP contribution is -2.44. The third kappa shape index (κ3) is 8.29. The second kappa shape index (κ2) is 9.07. The molecule has 0 aromatic carbocycles. The molecule has 0 spiro atoms. The minimum absolute atomic E-state index is 0.396. The van der Waals surface area contributed by atoms with Gasteiger partial charge in [-0.15, -0.1) is 0 Å². The van der Waals surface area contributed by atoms with E-state index < -0.39 is 29.6 Å². The molecule has 0 saturated carbocycles. The second-order valence-electron chi connectivity index (χ2n) is 6.04. The van der Waals surface area contributed by atoms with Crippen molar-refractivity contribution in [2.75, 3.05) is 0 Å². The molecule has 0 rings (SSSR count). The van der Waals surface area contributed by atoms with Crippen LogP contribution in [0.4, 0.5) is 4.79 Å². The highest BCUT2D eigenvalue weighted by atomic mass is 16.6. The van der Waals surface area contributed by atoms with E-state index in [2.05, 4.69) is 11.9 Å². The van der Waals surface area contributed by atoms with Crippen LogP contribution < -0.4 is 5.32 Å². The van der Waals surface area contributed by atoms with E-state index in [-0.39, 0.29) is 0 Å². The summed E-state index contributed by atoms with van der Waals surface area (Å²) < 4.78 is 5.20. The minimum atomic E-state index is -0.968. The lowest BCUT2D eigenvalue weighted by molar-refractivity contribution is -0.142. The van der Waals surface area contributed by atoms with Crippen molar-refractivity contribution < 1.29 is 19.4 Å². The Morgan fingerprint density at radius 2 is 1.95 bits per heavy atom. The number of alkyl carbamates (subject to hydrolysis) is 1. The molecule has 2 N–H and O–H groups in total. The number of hydrogen-bond donors (Lipinski definition) is 2. The van der Waals surface area contributed by atoms with Gasteiger partial charge in [0.05, 0.1) is 5.92 Å². The molecule has 1 amide bonds. The van der Waals surface area contributed by atoms with Crippen molar-refractivity contribution in [2.24, 2.45) is 5.92 Å². The number of nitrogens with one attached hydrogen (secondary N) is 1. The summed E-state index contributed by atoms with van der Waals surface area (Å²) in [6, 6.07) is -0.562. The fourth-order valence-electron chi connectivity index (χ4n) is 1.71. The van der Waals surface area contributed by atoms with Crippen LogP contribution in [0.15, 0.2) is 36.5 Å². The molecule has 0 aliphatic heterocycles. The molecular weight excluding hydrogens is 282 g/mol. The molecule has 0 aliphatic carbocycles. The van der Waals surface area contributed by atoms with Crippen LogP contribution in [0.25, 0.3) is 0 Å². The molecule has 2 atom stereocenters. The SMILES string of the molecule is C=C/C=C\C(=C/C)CC(NC(=O)OC(C)(C)C)C(C)C(=O)O. The van der Waals surface area contributed by atoms with Gasteiger partial charge in [-0.3, -0.25) is 4.79 Å². The first-order valence-electron chi connectivity index (χ1n) is 7.27. The molecular formula is C17H27NO4. The van der Waals surface area contributed by atoms with Crippen molar-refractivity contribution in [1.82, 2.24) is 5.32 Å². The van der Waals surface area contributed by atoms with Gasteiger partial charge in [-0.1, -0.05) is 36.5 Å². The molecule has 5 nitrogen and oxygen atoms in total. The summed E-state index contributed by atoms with van der Waals surface area (Å²) in [5.74, 6) is -1.70. The van der Waals surface area contributed by atoms with Gasteiger partial charge in [0.1, 0.15) is 5.60 Å². The Hall–Kier alpha value is -2.04. The van der Waals surface area contributed by atoms with Gasteiger partial charge in [-0.2, -0.15) is 0 Å². The quantitative estimate of drug-likeness (QED) is 0.703. The van der Waals surface area contributed by atoms with E-state index in [1.807, 2.05) is 19.1 Å². The molecule has 124 valence electrons. The first kappa shape index (κ1) is 20.0. The fourth-order valence-corrected chi connectivity index (χ4v) is 1.71. The number of carboxylic acid groups (broad SMARTS) is 1. The maximum absolute atomic E-state index is 11.9. The van der Waals surface area contributed by atoms with Gasteiger partial charge in [0.25, 0.3) is 0 Å². The van der Waals surface area contributed by atoms with Crippen molar-refractivity contribution >= 4 is 12.1 Å². The molecule has 5 heteroatoms. The zero-order chi connectivity index (χ0) is 17.3. The Kier molecular flexibility index (Phi) is 8.23. The lowest BCUT2D eigenvalue weighted by Gasteiger charge is -2.26. The van der Waals surface area contributed by atoms with Crippen molar-refractivity contribution in [3.63, 3.8) is 0 Å². The first-order valence-corrected chi connectivity index (χ1v) is 7.27. The van der Waals surface area contributed by atoms with E-state index in [1.165, 1.54) is 0 Å². The van der Waals surface area contributed by atoms with E-state index in [0.717, 1.165) is 5.57 Å². The molecule has 0 aliphatic rings. The number of aliphatic carboxylic acids is 1. The topological polar surface area (TPSA) is 75.6 Å². The van der Waals surface area contributed by atoms with Crippen LogP contribution in [-0.4, -0.2) is 28.8 Å². The zero-order valence-corrected chi connectivity index (χ0v) is 14.1. The number of amides is 1. The van der Waals surface area contributed by atoms with Gasteiger partial charge in [0.2, 0.25) is 0 Å². The van der Waals surface area contributed by atoms with Crippen LogP contribution in [-0.2, 0) is 9.53 Å². The summed E-state index contributed by atoms with van der Waals surface area (Å²) in [5, 5.41) is 11.9. The van der Waals surface area contributed by atoms with Crippen LogP contribution in [0.5, 0.6) is 0 Å². The summed E-state index contributed by atoms with van der Waals surface area (Å²) >= 11 is 0. The van der Waals surface area contributed by atoms with Crippen LogP contribution in [0.3, 0.4) is 0 Å². The molecule has 0 radical (unpaired) electrons. The highest BCUT2D eigenvalue weighted by Crippen LogP contribution is 2.16. The normalized spacial score (nSPS) is 15.2. The smallest absolute Gasteiger partial charge is 0.407 e. The number of carboxylic acids is 1. The maximum Gasteiger partial charge on any atom is 0.407 e. The number of hydrogen-bond acceptors (Lipinski definition) is 3. The summed E-state index contributed by atoms with van der Waals surface area (Å²) in [6.45, 7) is 12.3. The monoisotopic (exact) mass is 309 g/mol. The molecule has 0 fully saturated rings. The third-order valence-corrected chi connectivity index (χ3v) is 2.97. The van der Waals surface area contributed by atoms with Crippen molar-refractivity contribution in [1.29, 1.82) is 0 Å². The van der Waals surface area contributed by atoms with Gasteiger partial charge in [0.15, 0.2) is 0 Å². The van der Waals surface area contributed by atoms with Gasteiger partial charge in [-0.05, 0) is 41.0 Å². The van der Waals surface area contributed by atoms with Crippen molar-refractivity contribution in [3.05, 3.63) is 36.5 Å². The average molecular weight is 309 g/mol. The first-order chi connectivity index (χ1) is 10.1. The van der Waals surface area contributed by atoms with Crippen LogP contribution in [0.2, 0.25) is 0 Å². The highest BCUT2D eigenvalue weighted by molar-refractivity contribution is 5.73. The van der Waals surface area contributed by atoms with E-state index in [9.17, 15) is 14.7 Å². The van der Waals surface area contributed by atoms with E-state index in [1.54, 1.807) is 39.8 Å². The van der Waals surface area contributed by atoms with Crippen LogP contribution in [0, 0.1) is 5.92 Å². The molecule has 0 saturated heterocycles. The van der Waals surface area contributed by atoms with Crippen molar-refractivity contribution in [3.8, 4) is 0 Å². The zero-order valence-electron chi connectivity index (χ0n) is 14.1. The largest absolute Gasteiger partial charge is 0.481 e. The van der Waals surface area contributed by atoms with Crippen LogP contribution in [0.1, 0.15) is 41.0 Å². The van der Waals surface area contributed by atoms with Crippen molar-refractivity contribution in [2.45, 2.75) is 52.7 Å². The molecule has 0 heterocycles. The number of ether oxygens (including phenoxy) is 1. The summed E-state index contributed by atoms with van der Waals surface area (Å²) in [4.78, 5) is 23.1. The van der Waals surface area contributed by atoms with Gasteiger partial charge in [-0.25, -0.2) is 4.79 Å². The molecule has 22 heavy (non-hydrogen) atoms. The van der Waals surface area contributed by atoms with Gasteiger partial charge in [0, 0.05) is 6.04 Å². The Bertz CT molecular complexity index is 458. The fraction of sp³-hybridized carbons (Fsp3) is 0.529. The minimum Gasteiger partial charge on any atom is -0.481 e. The van der Waals surface area contributed by atoms with Crippen LogP contribution >= 0.6 is 0 Å². The van der Waals surface area contributed by atoms with Gasteiger partial charge >= 0.3 is 12.1 Å². The van der Waals surface area contributed by atoms with Gasteiger partial charge < -0.3 is 15.2 Å². The third-order valence-electron chi connectivity index (χ3n) is 2.97. The standard InChI is InChI=1S/C17H27NO4/c1-7-9-10-13(8-2)11-14(12(3)15(19)20)18-16(21)22-17(4,5)6/h7-10,12,14H,1,11H2,2-6H3,(H,18,21)(H,19,20)/b10-9-,13-8+. The lowest BCUT2D eigenvalue weighted by atomic mass is 9.94. The van der Waals surface area contributed by atoms with E-state index in [0.29, 0.717) is 6.42 Å². The van der Waals surface area contributed by atoms with E-state index >= 15 is 0 Å². The number of carbonyl (C=O) groups is 2. The van der Waals surface area contributed by atoms with E-state index in [4.69, 9.17) is 4.74 Å². The predicted molar refractivity (Wildman–Crippen MR) is 87.7 cm³/mol. The summed E-state index contributed by atoms with van der Waals surface area (Å²) in [7, 11) is 0. The Balaban J connectivity index is 5.06. The molecule has 0 aromatic rings. The Morgan fingerprint density at radius 3 is 2.36 bits per heavy atom. The Labute approximate surface area is 132 Å². The molecule has 0 aromatic heterocycles. The number of carbonyl (C=O) groups excluding carboxylic acids is 1. The number of allylic oxidation sites excluding steroid dienone is 4. The second-order valence-corrected chi connectivity index (χ2v) is 6.04.